The topological polar surface area (TPSA) is 67.2 Å². The molecule has 2 N–H and O–H groups in total. The highest BCUT2D eigenvalue weighted by atomic mass is 19.2. The normalized spacial score (nSPS) is 10.8. The molecule has 5 nitrogen and oxygen atoms in total. The lowest BCUT2D eigenvalue weighted by Gasteiger charge is -2.11. The van der Waals surface area contributed by atoms with Gasteiger partial charge in [0, 0.05) is 16.8 Å². The van der Waals surface area contributed by atoms with Crippen LogP contribution in [-0.4, -0.2) is 17.4 Å². The molecule has 7 heteroatoms. The molecule has 0 aliphatic carbocycles. The zero-order valence-electron chi connectivity index (χ0n) is 12.9. The first-order valence-electron chi connectivity index (χ1n) is 7.33. The van der Waals surface area contributed by atoms with Crippen molar-refractivity contribution < 1.29 is 18.0 Å². The highest BCUT2D eigenvalue weighted by Gasteiger charge is 2.13. The zero-order valence-corrected chi connectivity index (χ0v) is 12.9. The van der Waals surface area contributed by atoms with Crippen molar-refractivity contribution >= 4 is 22.5 Å². The SMILES string of the molecule is Cc1cc(NCC(=O)NCc2ccco2)c2ccc(F)c(F)c2n1. The second kappa shape index (κ2) is 6.66. The van der Waals surface area contributed by atoms with Gasteiger partial charge in [0.1, 0.15) is 11.3 Å². The Hall–Kier alpha value is -2.96. The van der Waals surface area contributed by atoms with Crippen molar-refractivity contribution in [2.75, 3.05) is 11.9 Å². The third kappa shape index (κ3) is 3.34. The molecule has 0 atom stereocenters. The molecule has 0 saturated carbocycles. The van der Waals surface area contributed by atoms with E-state index in [0.29, 0.717) is 22.5 Å². The Morgan fingerprint density at radius 1 is 1.29 bits per heavy atom. The molecule has 0 aliphatic rings. The molecule has 1 aromatic carbocycles. The summed E-state index contributed by atoms with van der Waals surface area (Å²) in [4.78, 5) is 15.9. The van der Waals surface area contributed by atoms with Gasteiger partial charge < -0.3 is 15.1 Å². The average Bonchev–Trinajstić information content (AvgIpc) is 3.08. The lowest BCUT2D eigenvalue weighted by molar-refractivity contribution is -0.119. The lowest BCUT2D eigenvalue weighted by atomic mass is 10.1. The number of anilines is 1. The minimum atomic E-state index is -0.999. The molecule has 24 heavy (non-hydrogen) atoms. The van der Waals surface area contributed by atoms with Gasteiger partial charge in [-0.2, -0.15) is 0 Å². The fourth-order valence-corrected chi connectivity index (χ4v) is 2.34. The number of hydrogen-bond donors (Lipinski definition) is 2. The average molecular weight is 331 g/mol. The Balaban J connectivity index is 1.73. The van der Waals surface area contributed by atoms with Gasteiger partial charge in [0.15, 0.2) is 11.6 Å². The predicted octanol–water partition coefficient (Wildman–Crippen LogP) is 3.14. The third-order valence-corrected chi connectivity index (χ3v) is 3.48. The molecule has 0 fully saturated rings. The van der Waals surface area contributed by atoms with E-state index >= 15 is 0 Å². The maximum absolute atomic E-state index is 13.9. The number of carbonyl (C=O) groups is 1. The van der Waals surface area contributed by atoms with E-state index in [-0.39, 0.29) is 24.5 Å². The first kappa shape index (κ1) is 15.9. The van der Waals surface area contributed by atoms with Gasteiger partial charge in [-0.25, -0.2) is 13.8 Å². The van der Waals surface area contributed by atoms with E-state index in [1.165, 1.54) is 12.3 Å². The summed E-state index contributed by atoms with van der Waals surface area (Å²) in [6.07, 6.45) is 1.53. The van der Waals surface area contributed by atoms with Gasteiger partial charge in [0.2, 0.25) is 5.91 Å². The monoisotopic (exact) mass is 331 g/mol. The molecule has 1 amide bonds. The molecule has 0 bridgehead atoms. The summed E-state index contributed by atoms with van der Waals surface area (Å²) >= 11 is 0. The Morgan fingerprint density at radius 3 is 2.88 bits per heavy atom. The number of amides is 1. The van der Waals surface area contributed by atoms with Crippen LogP contribution in [0.15, 0.2) is 41.0 Å². The molecule has 3 aromatic rings. The van der Waals surface area contributed by atoms with Crippen LogP contribution in [0.2, 0.25) is 0 Å². The van der Waals surface area contributed by atoms with Crippen LogP contribution >= 0.6 is 0 Å². The Morgan fingerprint density at radius 2 is 2.12 bits per heavy atom. The maximum atomic E-state index is 13.9. The van der Waals surface area contributed by atoms with Crippen molar-refractivity contribution in [3.05, 3.63) is 59.7 Å². The number of nitrogens with zero attached hydrogens (tertiary/aromatic N) is 1. The van der Waals surface area contributed by atoms with Gasteiger partial charge >= 0.3 is 0 Å². The van der Waals surface area contributed by atoms with Gasteiger partial charge in [-0.1, -0.05) is 0 Å². The molecule has 124 valence electrons. The number of halogens is 2. The minimum absolute atomic E-state index is 0.0156. The Bertz CT molecular complexity index is 879. The zero-order chi connectivity index (χ0) is 17.1. The number of pyridine rings is 1. The smallest absolute Gasteiger partial charge is 0.239 e. The summed E-state index contributed by atoms with van der Waals surface area (Å²) in [5.41, 5.74) is 0.975. The van der Waals surface area contributed by atoms with Crippen molar-refractivity contribution in [1.82, 2.24) is 10.3 Å². The van der Waals surface area contributed by atoms with E-state index in [4.69, 9.17) is 4.42 Å². The molecule has 3 rings (SSSR count). The number of fused-ring (bicyclic) bond motifs is 1. The number of hydrogen-bond acceptors (Lipinski definition) is 4. The van der Waals surface area contributed by atoms with Gasteiger partial charge in [-0.3, -0.25) is 4.79 Å². The van der Waals surface area contributed by atoms with E-state index in [9.17, 15) is 13.6 Å². The van der Waals surface area contributed by atoms with Crippen molar-refractivity contribution in [3.63, 3.8) is 0 Å². The molecule has 2 aromatic heterocycles. The minimum Gasteiger partial charge on any atom is -0.467 e. The second-order valence-corrected chi connectivity index (χ2v) is 5.28. The van der Waals surface area contributed by atoms with E-state index in [2.05, 4.69) is 15.6 Å². The summed E-state index contributed by atoms with van der Waals surface area (Å²) in [5.74, 6) is -1.56. The van der Waals surface area contributed by atoms with E-state index in [1.54, 1.807) is 25.1 Å². The summed E-state index contributed by atoms with van der Waals surface area (Å²) < 4.78 is 32.4. The lowest BCUT2D eigenvalue weighted by Crippen LogP contribution is -2.29. The molecule has 0 aliphatic heterocycles. The molecule has 0 saturated heterocycles. The van der Waals surface area contributed by atoms with Gasteiger partial charge in [-0.15, -0.1) is 0 Å². The maximum Gasteiger partial charge on any atom is 0.239 e. The summed E-state index contributed by atoms with van der Waals surface area (Å²) in [6, 6.07) is 7.64. The van der Waals surface area contributed by atoms with Crippen molar-refractivity contribution in [2.45, 2.75) is 13.5 Å². The van der Waals surface area contributed by atoms with Crippen LogP contribution in [0.1, 0.15) is 11.5 Å². The van der Waals surface area contributed by atoms with Crippen LogP contribution in [0.5, 0.6) is 0 Å². The highest BCUT2D eigenvalue weighted by Crippen LogP contribution is 2.26. The van der Waals surface area contributed by atoms with Crippen molar-refractivity contribution in [3.8, 4) is 0 Å². The number of rotatable bonds is 5. The van der Waals surface area contributed by atoms with E-state index in [1.807, 2.05) is 0 Å². The molecular weight excluding hydrogens is 316 g/mol. The first-order valence-corrected chi connectivity index (χ1v) is 7.33. The third-order valence-electron chi connectivity index (χ3n) is 3.48. The quantitative estimate of drug-likeness (QED) is 0.754. The second-order valence-electron chi connectivity index (χ2n) is 5.28. The van der Waals surface area contributed by atoms with E-state index < -0.39 is 11.6 Å². The molecule has 0 unspecified atom stereocenters. The van der Waals surface area contributed by atoms with Crippen LogP contribution in [0, 0.1) is 18.6 Å². The summed E-state index contributed by atoms with van der Waals surface area (Å²) in [5, 5.41) is 6.04. The van der Waals surface area contributed by atoms with E-state index in [0.717, 1.165) is 6.07 Å². The highest BCUT2D eigenvalue weighted by molar-refractivity contribution is 5.93. The van der Waals surface area contributed by atoms with Gasteiger partial charge in [-0.05, 0) is 37.3 Å². The summed E-state index contributed by atoms with van der Waals surface area (Å²) in [7, 11) is 0. The number of carbonyl (C=O) groups excluding carboxylic acids is 1. The summed E-state index contributed by atoms with van der Waals surface area (Å²) in [6.45, 7) is 1.94. The van der Waals surface area contributed by atoms with Crippen LogP contribution in [0.3, 0.4) is 0 Å². The van der Waals surface area contributed by atoms with Crippen LogP contribution in [-0.2, 0) is 11.3 Å². The van der Waals surface area contributed by atoms with Crippen LogP contribution in [0.4, 0.5) is 14.5 Å². The molecule has 0 radical (unpaired) electrons. The van der Waals surface area contributed by atoms with Gasteiger partial charge in [0.25, 0.3) is 0 Å². The number of aryl methyl sites for hydroxylation is 1. The molecule has 2 heterocycles. The number of aromatic nitrogens is 1. The number of furan rings is 1. The fourth-order valence-electron chi connectivity index (χ4n) is 2.34. The first-order chi connectivity index (χ1) is 11.5. The van der Waals surface area contributed by atoms with Crippen molar-refractivity contribution in [2.24, 2.45) is 0 Å². The standard InChI is InChI=1S/C17H15F2N3O2/c1-10-7-14(12-4-5-13(18)16(19)17(12)22-10)20-9-15(23)21-8-11-3-2-6-24-11/h2-7H,8-9H2,1H3,(H,20,22)(H,21,23). The van der Waals surface area contributed by atoms with Gasteiger partial charge in [0.05, 0.1) is 19.4 Å². The Kier molecular flexibility index (Phi) is 4.41. The van der Waals surface area contributed by atoms with Crippen LogP contribution in [0.25, 0.3) is 10.9 Å². The van der Waals surface area contributed by atoms with Crippen molar-refractivity contribution in [1.29, 1.82) is 0 Å². The fraction of sp³-hybridized carbons (Fsp3) is 0.176. The number of benzene rings is 1. The largest absolute Gasteiger partial charge is 0.467 e. The van der Waals surface area contributed by atoms with Crippen LogP contribution < -0.4 is 10.6 Å². The predicted molar refractivity (Wildman–Crippen MR) is 85.4 cm³/mol. The number of nitrogens with one attached hydrogen (secondary N) is 2. The molecule has 0 spiro atoms. The molecular formula is C17H15F2N3O2. The Labute approximate surface area is 136 Å².